The third-order valence-corrected chi connectivity index (χ3v) is 9.02. The van der Waals surface area contributed by atoms with E-state index in [-0.39, 0.29) is 18.2 Å². The maximum atomic E-state index is 13.0. The largest absolute Gasteiger partial charge is 0.492 e. The van der Waals surface area contributed by atoms with E-state index in [9.17, 15) is 14.4 Å². The van der Waals surface area contributed by atoms with Gasteiger partial charge in [-0.1, -0.05) is 19.4 Å². The van der Waals surface area contributed by atoms with Crippen molar-refractivity contribution in [1.82, 2.24) is 25.0 Å². The summed E-state index contributed by atoms with van der Waals surface area (Å²) in [5, 5.41) is 2.36. The molecular formula is C31H40N6O4. The van der Waals surface area contributed by atoms with E-state index in [1.165, 1.54) is 18.4 Å². The Kier molecular flexibility index (Phi) is 8.20. The molecule has 4 aliphatic heterocycles. The Hall–Kier alpha value is -3.50. The van der Waals surface area contributed by atoms with Gasteiger partial charge in [-0.2, -0.15) is 0 Å². The van der Waals surface area contributed by atoms with Crippen LogP contribution in [0.3, 0.4) is 0 Å². The molecule has 1 unspecified atom stereocenters. The normalized spacial score (nSPS) is 24.0. The molecule has 1 aromatic carbocycles. The van der Waals surface area contributed by atoms with Crippen LogP contribution >= 0.6 is 0 Å². The zero-order valence-electron chi connectivity index (χ0n) is 23.9. The maximum absolute atomic E-state index is 13.0. The molecule has 2 aromatic rings. The van der Waals surface area contributed by atoms with Crippen molar-refractivity contribution in [2.24, 2.45) is 0 Å². The summed E-state index contributed by atoms with van der Waals surface area (Å²) in [6.45, 7) is 10.4. The molecule has 0 saturated carbocycles. The fourth-order valence-corrected chi connectivity index (χ4v) is 6.51. The van der Waals surface area contributed by atoms with Crippen LogP contribution in [0.2, 0.25) is 0 Å². The molecule has 4 aliphatic rings. The van der Waals surface area contributed by atoms with E-state index in [0.29, 0.717) is 31.2 Å². The Balaban J connectivity index is 1.04. The average Bonchev–Trinajstić information content (AvgIpc) is 3.32. The highest BCUT2D eigenvalue weighted by atomic mass is 16.5. The molecule has 0 spiro atoms. The van der Waals surface area contributed by atoms with Crippen LogP contribution in [-0.2, 0) is 22.7 Å². The van der Waals surface area contributed by atoms with E-state index in [1.54, 1.807) is 11.0 Å². The summed E-state index contributed by atoms with van der Waals surface area (Å²) in [7, 11) is 0. The van der Waals surface area contributed by atoms with Gasteiger partial charge in [0.05, 0.1) is 0 Å². The van der Waals surface area contributed by atoms with Crippen molar-refractivity contribution < 1.29 is 19.1 Å². The number of nitrogens with one attached hydrogen (secondary N) is 1. The molecule has 0 bridgehead atoms. The standard InChI is InChI=1S/C31H40N6O4/c1-2-34-13-15-35(16-14-34)28-10-6-22(18-32-28)19-36-12-4-3-5-24(36)21-41-25-7-8-26-23(17-25)20-37(31(26)40)27-9-11-29(38)33-30(27)39/h6-8,10,17-18,24,27H,2-5,9,11-16,19-21H2,1H3,(H,33,38,39)/t24-,27?/m1/s1. The van der Waals surface area contributed by atoms with Crippen molar-refractivity contribution in [2.75, 3.05) is 50.8 Å². The van der Waals surface area contributed by atoms with Crippen molar-refractivity contribution in [3.63, 3.8) is 0 Å². The van der Waals surface area contributed by atoms with Gasteiger partial charge in [-0.3, -0.25) is 24.6 Å². The third-order valence-electron chi connectivity index (χ3n) is 9.02. The van der Waals surface area contributed by atoms with Crippen LogP contribution in [0.15, 0.2) is 36.5 Å². The van der Waals surface area contributed by atoms with Crippen molar-refractivity contribution >= 4 is 23.5 Å². The number of anilines is 1. The minimum atomic E-state index is -0.609. The second-order valence-electron chi connectivity index (χ2n) is 11.6. The number of piperazine rings is 1. The molecule has 1 N–H and O–H groups in total. The predicted octanol–water partition coefficient (Wildman–Crippen LogP) is 2.42. The van der Waals surface area contributed by atoms with Gasteiger partial charge >= 0.3 is 0 Å². The van der Waals surface area contributed by atoms with Gasteiger partial charge in [-0.15, -0.1) is 0 Å². The molecular weight excluding hydrogens is 520 g/mol. The van der Waals surface area contributed by atoms with E-state index in [1.807, 2.05) is 18.3 Å². The predicted molar refractivity (Wildman–Crippen MR) is 155 cm³/mol. The van der Waals surface area contributed by atoms with Crippen LogP contribution in [0.4, 0.5) is 5.82 Å². The monoisotopic (exact) mass is 560 g/mol. The quantitative estimate of drug-likeness (QED) is 0.492. The molecule has 41 heavy (non-hydrogen) atoms. The van der Waals surface area contributed by atoms with Gasteiger partial charge in [0.25, 0.3) is 5.91 Å². The number of benzene rings is 1. The smallest absolute Gasteiger partial charge is 0.255 e. The van der Waals surface area contributed by atoms with E-state index in [2.05, 4.69) is 39.1 Å². The Morgan fingerprint density at radius 2 is 1.85 bits per heavy atom. The number of ether oxygens (including phenoxy) is 1. The highest BCUT2D eigenvalue weighted by Gasteiger charge is 2.39. The number of likely N-dealkylation sites (N-methyl/N-ethyl adjacent to an activating group) is 1. The van der Waals surface area contributed by atoms with Gasteiger partial charge in [0.1, 0.15) is 24.2 Å². The number of rotatable bonds is 8. The number of likely N-dealkylation sites (tertiary alicyclic amines) is 1. The number of fused-ring (bicyclic) bond motifs is 1. The van der Waals surface area contributed by atoms with Crippen LogP contribution < -0.4 is 15.0 Å². The van der Waals surface area contributed by atoms with Crippen molar-refractivity contribution in [3.05, 3.63) is 53.2 Å². The van der Waals surface area contributed by atoms with Gasteiger partial charge in [-0.05, 0) is 67.7 Å². The highest BCUT2D eigenvalue weighted by Crippen LogP contribution is 2.31. The van der Waals surface area contributed by atoms with E-state index < -0.39 is 11.9 Å². The average molecular weight is 561 g/mol. The summed E-state index contributed by atoms with van der Waals surface area (Å²) in [4.78, 5) is 50.6. The highest BCUT2D eigenvalue weighted by molar-refractivity contribution is 6.05. The van der Waals surface area contributed by atoms with E-state index in [0.717, 1.165) is 69.4 Å². The molecule has 0 aliphatic carbocycles. The number of piperidine rings is 2. The number of imide groups is 1. The Morgan fingerprint density at radius 1 is 1.00 bits per heavy atom. The molecule has 0 radical (unpaired) electrons. The van der Waals surface area contributed by atoms with Gasteiger partial charge in [0, 0.05) is 63.5 Å². The molecule has 3 amide bonds. The Bertz CT molecular complexity index is 1280. The minimum absolute atomic E-state index is 0.164. The van der Waals surface area contributed by atoms with Gasteiger partial charge in [0.15, 0.2) is 0 Å². The molecule has 10 heteroatoms. The topological polar surface area (TPSA) is 98.3 Å². The number of pyridine rings is 1. The number of aromatic nitrogens is 1. The summed E-state index contributed by atoms with van der Waals surface area (Å²) < 4.78 is 6.28. The number of hydrogen-bond donors (Lipinski definition) is 1. The number of carbonyl (C=O) groups excluding carboxylic acids is 3. The zero-order chi connectivity index (χ0) is 28.3. The molecule has 2 atom stereocenters. The number of carbonyl (C=O) groups is 3. The molecule has 1 aromatic heterocycles. The zero-order valence-corrected chi connectivity index (χ0v) is 23.9. The Labute approximate surface area is 241 Å². The summed E-state index contributed by atoms with van der Waals surface area (Å²) >= 11 is 0. The number of nitrogens with zero attached hydrogens (tertiary/aromatic N) is 5. The summed E-state index contributed by atoms with van der Waals surface area (Å²) in [5.74, 6) is 0.964. The van der Waals surface area contributed by atoms with Crippen molar-refractivity contribution in [3.8, 4) is 5.75 Å². The van der Waals surface area contributed by atoms with Crippen molar-refractivity contribution in [2.45, 2.75) is 64.2 Å². The number of amides is 3. The molecule has 3 fully saturated rings. The first-order chi connectivity index (χ1) is 20.0. The SMILES string of the molecule is CCN1CCN(c2ccc(CN3CCCC[C@@H]3COc3ccc4c(c3)CN(C3CCC(=O)NC3=O)C4=O)cn2)CC1. The van der Waals surface area contributed by atoms with Crippen LogP contribution in [0.5, 0.6) is 5.75 Å². The Morgan fingerprint density at radius 3 is 2.61 bits per heavy atom. The second-order valence-corrected chi connectivity index (χ2v) is 11.6. The third kappa shape index (κ3) is 6.08. The lowest BCUT2D eigenvalue weighted by Crippen LogP contribution is -2.52. The van der Waals surface area contributed by atoms with Crippen LogP contribution in [0.25, 0.3) is 0 Å². The summed E-state index contributed by atoms with van der Waals surface area (Å²) in [5.41, 5.74) is 2.68. The van der Waals surface area contributed by atoms with Crippen LogP contribution in [-0.4, -0.2) is 95.4 Å². The minimum Gasteiger partial charge on any atom is -0.492 e. The fraction of sp³-hybridized carbons (Fsp3) is 0.548. The van der Waals surface area contributed by atoms with E-state index >= 15 is 0 Å². The summed E-state index contributed by atoms with van der Waals surface area (Å²) in [6, 6.07) is 9.65. The molecule has 5 heterocycles. The van der Waals surface area contributed by atoms with Gasteiger partial charge < -0.3 is 19.4 Å². The lowest BCUT2D eigenvalue weighted by molar-refractivity contribution is -0.136. The van der Waals surface area contributed by atoms with Crippen LogP contribution in [0, 0.1) is 0 Å². The molecule has 3 saturated heterocycles. The summed E-state index contributed by atoms with van der Waals surface area (Å²) in [6.07, 6.45) is 6.09. The lowest BCUT2D eigenvalue weighted by Gasteiger charge is -2.36. The van der Waals surface area contributed by atoms with Crippen molar-refractivity contribution in [1.29, 1.82) is 0 Å². The molecule has 10 nitrogen and oxygen atoms in total. The first-order valence-corrected chi connectivity index (χ1v) is 15.0. The second kappa shape index (κ2) is 12.2. The fourth-order valence-electron chi connectivity index (χ4n) is 6.51. The van der Waals surface area contributed by atoms with Crippen LogP contribution in [0.1, 0.15) is 60.5 Å². The van der Waals surface area contributed by atoms with Gasteiger partial charge in [-0.25, -0.2) is 4.98 Å². The first-order valence-electron chi connectivity index (χ1n) is 15.0. The maximum Gasteiger partial charge on any atom is 0.255 e. The number of hydrogen-bond acceptors (Lipinski definition) is 8. The van der Waals surface area contributed by atoms with E-state index in [4.69, 9.17) is 9.72 Å². The van der Waals surface area contributed by atoms with Gasteiger partial charge in [0.2, 0.25) is 11.8 Å². The molecule has 218 valence electrons. The molecule has 6 rings (SSSR count). The first kappa shape index (κ1) is 27.7. The lowest BCUT2D eigenvalue weighted by atomic mass is 10.0.